The van der Waals surface area contributed by atoms with Gasteiger partial charge in [0.15, 0.2) is 0 Å². The second-order valence-electron chi connectivity index (χ2n) is 6.65. The number of carbonyl (C=O) groups excluding carboxylic acids is 2. The van der Waals surface area contributed by atoms with E-state index in [1.807, 2.05) is 12.1 Å². The van der Waals surface area contributed by atoms with Crippen molar-refractivity contribution in [1.82, 2.24) is 10.2 Å². The zero-order valence-corrected chi connectivity index (χ0v) is 16.0. The van der Waals surface area contributed by atoms with Gasteiger partial charge >= 0.3 is 0 Å². The Kier molecular flexibility index (Phi) is 5.86. The van der Waals surface area contributed by atoms with Gasteiger partial charge in [0.1, 0.15) is 11.6 Å². The summed E-state index contributed by atoms with van der Waals surface area (Å²) < 4.78 is 18.5. The number of aliphatic hydroxyl groups is 1. The standard InChI is InChI=1S/C20H20ClFN2O4/c1-28-17-4-2-13(3-5-17)12-24-7-6-20(27,19(24)26)18(25)23-11-14-8-15(21)10-16(22)9-14/h2-5,8-10,27H,6-7,11-12H2,1H3,(H,23,25)/t20-/m0/s1. The second-order valence-corrected chi connectivity index (χ2v) is 7.08. The van der Waals surface area contributed by atoms with Crippen LogP contribution in [0.15, 0.2) is 42.5 Å². The molecule has 0 unspecified atom stereocenters. The van der Waals surface area contributed by atoms with E-state index in [9.17, 15) is 19.1 Å². The number of carbonyl (C=O) groups is 2. The number of nitrogens with one attached hydrogen (secondary N) is 1. The lowest BCUT2D eigenvalue weighted by Crippen LogP contribution is -2.52. The third-order valence-electron chi connectivity index (χ3n) is 4.67. The highest BCUT2D eigenvalue weighted by Crippen LogP contribution is 2.26. The largest absolute Gasteiger partial charge is 0.497 e. The molecule has 6 nitrogen and oxygen atoms in total. The molecule has 1 aliphatic heterocycles. The molecular weight excluding hydrogens is 387 g/mol. The van der Waals surface area contributed by atoms with Gasteiger partial charge in [0.25, 0.3) is 11.8 Å². The number of halogens is 2. The van der Waals surface area contributed by atoms with Crippen molar-refractivity contribution in [2.45, 2.75) is 25.1 Å². The van der Waals surface area contributed by atoms with Crippen LogP contribution in [0.1, 0.15) is 17.5 Å². The first kappa shape index (κ1) is 20.1. The highest BCUT2D eigenvalue weighted by Gasteiger charge is 2.51. The van der Waals surface area contributed by atoms with Crippen LogP contribution >= 0.6 is 11.6 Å². The molecule has 2 amide bonds. The zero-order valence-electron chi connectivity index (χ0n) is 15.2. The van der Waals surface area contributed by atoms with Crippen molar-refractivity contribution in [2.75, 3.05) is 13.7 Å². The van der Waals surface area contributed by atoms with E-state index in [4.69, 9.17) is 16.3 Å². The molecule has 1 atom stereocenters. The molecule has 1 aliphatic rings. The monoisotopic (exact) mass is 406 g/mol. The molecule has 1 fully saturated rings. The topological polar surface area (TPSA) is 78.9 Å². The maximum absolute atomic E-state index is 13.4. The van der Waals surface area contributed by atoms with E-state index in [-0.39, 0.29) is 31.1 Å². The molecule has 1 saturated heterocycles. The average Bonchev–Trinajstić information content (AvgIpc) is 2.95. The van der Waals surface area contributed by atoms with Crippen LogP contribution in [0.25, 0.3) is 0 Å². The maximum Gasteiger partial charge on any atom is 0.264 e. The molecule has 0 aliphatic carbocycles. The van der Waals surface area contributed by atoms with Crippen LogP contribution < -0.4 is 10.1 Å². The van der Waals surface area contributed by atoms with Crippen molar-refractivity contribution in [2.24, 2.45) is 0 Å². The van der Waals surface area contributed by atoms with Crippen LogP contribution in [0.3, 0.4) is 0 Å². The van der Waals surface area contributed by atoms with Crippen molar-refractivity contribution in [3.63, 3.8) is 0 Å². The zero-order chi connectivity index (χ0) is 20.3. The number of hydrogen-bond donors (Lipinski definition) is 2. The van der Waals surface area contributed by atoms with E-state index >= 15 is 0 Å². The van der Waals surface area contributed by atoms with Gasteiger partial charge in [-0.25, -0.2) is 4.39 Å². The lowest BCUT2D eigenvalue weighted by molar-refractivity contribution is -0.154. The van der Waals surface area contributed by atoms with Gasteiger partial charge in [-0.1, -0.05) is 23.7 Å². The van der Waals surface area contributed by atoms with Gasteiger partial charge in [0.05, 0.1) is 7.11 Å². The van der Waals surface area contributed by atoms with Crippen molar-refractivity contribution in [3.05, 3.63) is 64.4 Å². The molecule has 2 aromatic carbocycles. The molecule has 28 heavy (non-hydrogen) atoms. The summed E-state index contributed by atoms with van der Waals surface area (Å²) in [6.07, 6.45) is -0.0161. The smallest absolute Gasteiger partial charge is 0.264 e. The van der Waals surface area contributed by atoms with Crippen LogP contribution in [0.4, 0.5) is 4.39 Å². The van der Waals surface area contributed by atoms with Crippen molar-refractivity contribution in [3.8, 4) is 5.75 Å². The third-order valence-corrected chi connectivity index (χ3v) is 4.89. The van der Waals surface area contributed by atoms with Gasteiger partial charge in [-0.15, -0.1) is 0 Å². The van der Waals surface area contributed by atoms with Crippen LogP contribution in [0.5, 0.6) is 5.75 Å². The number of likely N-dealkylation sites (tertiary alicyclic amines) is 1. The summed E-state index contributed by atoms with van der Waals surface area (Å²) in [6, 6.07) is 11.1. The summed E-state index contributed by atoms with van der Waals surface area (Å²) in [4.78, 5) is 26.5. The Balaban J connectivity index is 1.62. The van der Waals surface area contributed by atoms with E-state index in [1.54, 1.807) is 19.2 Å². The molecule has 1 heterocycles. The summed E-state index contributed by atoms with van der Waals surface area (Å²) in [5, 5.41) is 13.3. The van der Waals surface area contributed by atoms with Crippen LogP contribution in [0, 0.1) is 5.82 Å². The van der Waals surface area contributed by atoms with E-state index in [0.717, 1.165) is 11.6 Å². The Bertz CT molecular complexity index is 870. The van der Waals surface area contributed by atoms with E-state index < -0.39 is 23.2 Å². The minimum absolute atomic E-state index is 0.0161. The van der Waals surface area contributed by atoms with Gasteiger partial charge in [-0.2, -0.15) is 0 Å². The number of nitrogens with zero attached hydrogens (tertiary/aromatic N) is 1. The first-order chi connectivity index (χ1) is 13.3. The van der Waals surface area contributed by atoms with Crippen LogP contribution in [0.2, 0.25) is 5.02 Å². The molecule has 0 spiro atoms. The van der Waals surface area contributed by atoms with Crippen molar-refractivity contribution in [1.29, 1.82) is 0 Å². The summed E-state index contributed by atoms with van der Waals surface area (Å²) in [5.74, 6) is -1.30. The average molecular weight is 407 g/mol. The number of hydrogen-bond acceptors (Lipinski definition) is 4. The molecule has 3 rings (SSSR count). The third kappa shape index (κ3) is 4.26. The van der Waals surface area contributed by atoms with Gasteiger partial charge in [-0.05, 0) is 41.5 Å². The number of methoxy groups -OCH3 is 1. The van der Waals surface area contributed by atoms with Gasteiger partial charge in [0.2, 0.25) is 5.60 Å². The predicted molar refractivity (Wildman–Crippen MR) is 101 cm³/mol. The van der Waals surface area contributed by atoms with E-state index in [0.29, 0.717) is 11.3 Å². The number of benzene rings is 2. The maximum atomic E-state index is 13.4. The lowest BCUT2D eigenvalue weighted by Gasteiger charge is -2.22. The molecule has 0 aromatic heterocycles. The summed E-state index contributed by atoms with van der Waals surface area (Å²) in [5.41, 5.74) is -0.848. The Labute approximate surface area is 166 Å². The van der Waals surface area contributed by atoms with Crippen LogP contribution in [-0.4, -0.2) is 41.1 Å². The number of rotatable bonds is 6. The Morgan fingerprint density at radius 2 is 2.00 bits per heavy atom. The summed E-state index contributed by atoms with van der Waals surface area (Å²) >= 11 is 5.79. The Morgan fingerprint density at radius 1 is 1.29 bits per heavy atom. The second kappa shape index (κ2) is 8.16. The van der Waals surface area contributed by atoms with Gasteiger partial charge < -0.3 is 20.1 Å². The molecule has 148 valence electrons. The fourth-order valence-corrected chi connectivity index (χ4v) is 3.37. The predicted octanol–water partition coefficient (Wildman–Crippen LogP) is 2.27. The van der Waals surface area contributed by atoms with Gasteiger partial charge in [-0.3, -0.25) is 9.59 Å². The SMILES string of the molecule is COc1ccc(CN2CC[C@](O)(C(=O)NCc3cc(F)cc(Cl)c3)C2=O)cc1. The first-order valence-electron chi connectivity index (χ1n) is 8.70. The fraction of sp³-hybridized carbons (Fsp3) is 0.300. The van der Waals surface area contributed by atoms with Gasteiger partial charge in [0, 0.05) is 31.1 Å². The molecular formula is C20H20ClFN2O4. The quantitative estimate of drug-likeness (QED) is 0.721. The molecule has 2 aromatic rings. The summed E-state index contributed by atoms with van der Waals surface area (Å²) in [7, 11) is 1.56. The molecule has 2 N–H and O–H groups in total. The number of ether oxygens (including phenoxy) is 1. The first-order valence-corrected chi connectivity index (χ1v) is 9.07. The molecule has 0 bridgehead atoms. The van der Waals surface area contributed by atoms with E-state index in [2.05, 4.69) is 5.32 Å². The highest BCUT2D eigenvalue weighted by molar-refractivity contribution is 6.30. The Hall–Kier alpha value is -2.64. The summed E-state index contributed by atoms with van der Waals surface area (Å²) in [6.45, 7) is 0.475. The van der Waals surface area contributed by atoms with E-state index in [1.165, 1.54) is 17.0 Å². The minimum Gasteiger partial charge on any atom is -0.497 e. The Morgan fingerprint density at radius 3 is 2.64 bits per heavy atom. The fourth-order valence-electron chi connectivity index (χ4n) is 3.12. The lowest BCUT2D eigenvalue weighted by atomic mass is 10.0. The molecule has 8 heteroatoms. The molecule has 0 saturated carbocycles. The van der Waals surface area contributed by atoms with Crippen molar-refractivity contribution < 1.29 is 23.8 Å². The minimum atomic E-state index is -2.14. The normalized spacial score (nSPS) is 19.0. The number of amides is 2. The van der Waals surface area contributed by atoms with Crippen LogP contribution in [-0.2, 0) is 22.7 Å². The molecule has 0 radical (unpaired) electrons. The van der Waals surface area contributed by atoms with Crippen molar-refractivity contribution >= 4 is 23.4 Å². The highest BCUT2D eigenvalue weighted by atomic mass is 35.5.